The van der Waals surface area contributed by atoms with Gasteiger partial charge in [0.1, 0.15) is 12.1 Å². The fourth-order valence-electron chi connectivity index (χ4n) is 1.40. The van der Waals surface area contributed by atoms with E-state index in [-0.39, 0.29) is 5.71 Å². The van der Waals surface area contributed by atoms with Crippen molar-refractivity contribution in [1.82, 2.24) is 4.98 Å². The molecule has 19 heavy (non-hydrogen) atoms. The Hall–Kier alpha value is -2.70. The van der Waals surface area contributed by atoms with E-state index >= 15 is 0 Å². The molecule has 1 N–H and O–H groups in total. The Kier molecular flexibility index (Phi) is 3.87. The quantitative estimate of drug-likeness (QED) is 0.684. The normalized spacial score (nSPS) is 9.21. The fourth-order valence-corrected chi connectivity index (χ4v) is 2.18. The molecule has 5 nitrogen and oxygen atoms in total. The highest BCUT2D eigenvalue weighted by atomic mass is 32.1. The van der Waals surface area contributed by atoms with Crippen molar-refractivity contribution in [2.45, 2.75) is 6.92 Å². The van der Waals surface area contributed by atoms with Gasteiger partial charge >= 0.3 is 0 Å². The average Bonchev–Trinajstić information content (AvgIpc) is 2.87. The zero-order valence-corrected chi connectivity index (χ0v) is 10.9. The van der Waals surface area contributed by atoms with Crippen LogP contribution in [0.1, 0.15) is 5.01 Å². The van der Waals surface area contributed by atoms with Crippen molar-refractivity contribution in [3.8, 4) is 22.6 Å². The first-order valence-electron chi connectivity index (χ1n) is 5.39. The molecule has 92 valence electrons. The number of thiazole rings is 1. The molecular weight excluding hydrogens is 258 g/mol. The number of nitriles is 2. The van der Waals surface area contributed by atoms with Gasteiger partial charge in [-0.15, -0.1) is 11.3 Å². The topological polar surface area (TPSA) is 84.9 Å². The maximum Gasteiger partial charge on any atom is 0.237 e. The van der Waals surface area contributed by atoms with Gasteiger partial charge in [-0.1, -0.05) is 12.1 Å². The highest BCUT2D eigenvalue weighted by molar-refractivity contribution is 7.15. The lowest BCUT2D eigenvalue weighted by Crippen LogP contribution is -1.95. The van der Waals surface area contributed by atoms with Crippen molar-refractivity contribution in [1.29, 1.82) is 10.5 Å². The third-order valence-corrected chi connectivity index (χ3v) is 3.26. The maximum atomic E-state index is 8.55. The Morgan fingerprint density at radius 1 is 1.26 bits per heavy atom. The van der Waals surface area contributed by atoms with Crippen LogP contribution < -0.4 is 5.43 Å². The number of nitrogens with zero attached hydrogens (tertiary/aromatic N) is 4. The second-order valence-electron chi connectivity index (χ2n) is 3.62. The molecule has 1 aromatic carbocycles. The Morgan fingerprint density at radius 3 is 2.47 bits per heavy atom. The molecule has 0 aliphatic heterocycles. The first-order chi connectivity index (χ1) is 9.22. The minimum absolute atomic E-state index is 0.206. The molecule has 0 saturated carbocycles. The number of rotatable bonds is 3. The van der Waals surface area contributed by atoms with E-state index in [0.29, 0.717) is 5.69 Å². The molecule has 0 atom stereocenters. The number of nitrogens with one attached hydrogen (secondary N) is 1. The number of benzene rings is 1. The number of hydrogen-bond acceptors (Lipinski definition) is 6. The Labute approximate surface area is 114 Å². The summed E-state index contributed by atoms with van der Waals surface area (Å²) < 4.78 is 0. The zero-order valence-electron chi connectivity index (χ0n) is 10.1. The van der Waals surface area contributed by atoms with Crippen molar-refractivity contribution >= 4 is 22.7 Å². The Bertz CT molecular complexity index is 669. The van der Waals surface area contributed by atoms with Crippen LogP contribution in [0.4, 0.5) is 5.69 Å². The van der Waals surface area contributed by atoms with Gasteiger partial charge in [0, 0.05) is 6.20 Å². The van der Waals surface area contributed by atoms with Crippen LogP contribution in [0.15, 0.2) is 35.6 Å². The maximum absolute atomic E-state index is 8.55. The van der Waals surface area contributed by atoms with Crippen LogP contribution in [0.5, 0.6) is 0 Å². The molecule has 0 radical (unpaired) electrons. The van der Waals surface area contributed by atoms with Gasteiger partial charge in [0.15, 0.2) is 0 Å². The third kappa shape index (κ3) is 3.15. The molecular formula is C13H9N5S. The monoisotopic (exact) mass is 267 g/mol. The van der Waals surface area contributed by atoms with Crippen LogP contribution in [-0.2, 0) is 0 Å². The average molecular weight is 267 g/mol. The predicted molar refractivity (Wildman–Crippen MR) is 74.6 cm³/mol. The first kappa shape index (κ1) is 12.7. The molecule has 2 rings (SSSR count). The first-order valence-corrected chi connectivity index (χ1v) is 6.21. The van der Waals surface area contributed by atoms with Crippen molar-refractivity contribution in [2.75, 3.05) is 5.43 Å². The summed E-state index contributed by atoms with van der Waals surface area (Å²) in [6, 6.07) is 10.9. The van der Waals surface area contributed by atoms with Gasteiger partial charge in [-0.2, -0.15) is 15.6 Å². The molecule has 2 aromatic rings. The number of aromatic nitrogens is 1. The highest BCUT2D eigenvalue weighted by Crippen LogP contribution is 2.26. The number of anilines is 1. The van der Waals surface area contributed by atoms with E-state index in [1.54, 1.807) is 23.5 Å². The van der Waals surface area contributed by atoms with Gasteiger partial charge in [-0.3, -0.25) is 5.43 Å². The van der Waals surface area contributed by atoms with Gasteiger partial charge in [0.05, 0.1) is 15.6 Å². The van der Waals surface area contributed by atoms with E-state index in [1.165, 1.54) is 0 Å². The molecule has 0 aliphatic rings. The molecule has 0 saturated heterocycles. The second kappa shape index (κ2) is 5.76. The summed E-state index contributed by atoms with van der Waals surface area (Å²) in [5.74, 6) is 0. The van der Waals surface area contributed by atoms with E-state index in [9.17, 15) is 0 Å². The van der Waals surface area contributed by atoms with Crippen LogP contribution >= 0.6 is 11.3 Å². The zero-order chi connectivity index (χ0) is 13.7. The van der Waals surface area contributed by atoms with Crippen LogP contribution in [-0.4, -0.2) is 10.7 Å². The standard InChI is InChI=1S/C13H9N5S/c1-9-16-8-13(19-9)10-2-4-11(5-3-10)17-18-12(6-14)7-15/h2-5,8,17H,1H3. The molecule has 0 fully saturated rings. The molecule has 1 aromatic heterocycles. The molecule has 0 spiro atoms. The summed E-state index contributed by atoms with van der Waals surface area (Å²) in [4.78, 5) is 5.31. The molecule has 0 unspecified atom stereocenters. The smallest absolute Gasteiger partial charge is 0.237 e. The highest BCUT2D eigenvalue weighted by Gasteiger charge is 2.01. The van der Waals surface area contributed by atoms with E-state index < -0.39 is 0 Å². The van der Waals surface area contributed by atoms with Gasteiger partial charge in [0.2, 0.25) is 5.71 Å². The van der Waals surface area contributed by atoms with Gasteiger partial charge in [-0.25, -0.2) is 4.98 Å². The predicted octanol–water partition coefficient (Wildman–Crippen LogP) is 2.93. The summed E-state index contributed by atoms with van der Waals surface area (Å²) >= 11 is 1.63. The second-order valence-corrected chi connectivity index (χ2v) is 4.85. The van der Waals surface area contributed by atoms with Crippen molar-refractivity contribution in [3.05, 3.63) is 35.5 Å². The van der Waals surface area contributed by atoms with E-state index in [4.69, 9.17) is 10.5 Å². The molecule has 1 heterocycles. The van der Waals surface area contributed by atoms with Crippen LogP contribution in [0.3, 0.4) is 0 Å². The summed E-state index contributed by atoms with van der Waals surface area (Å²) in [6.07, 6.45) is 1.84. The largest absolute Gasteiger partial charge is 0.277 e. The molecule has 0 amide bonds. The lowest BCUT2D eigenvalue weighted by Gasteiger charge is -2.01. The molecule has 0 bridgehead atoms. The van der Waals surface area contributed by atoms with Crippen molar-refractivity contribution in [2.24, 2.45) is 5.10 Å². The lowest BCUT2D eigenvalue weighted by molar-refractivity contribution is 1.30. The number of aryl methyl sites for hydroxylation is 1. The van der Waals surface area contributed by atoms with Crippen molar-refractivity contribution in [3.63, 3.8) is 0 Å². The number of hydrazone groups is 1. The molecule has 6 heteroatoms. The summed E-state index contributed by atoms with van der Waals surface area (Å²) in [5, 5.41) is 21.8. The van der Waals surface area contributed by atoms with Gasteiger partial charge in [-0.05, 0) is 24.6 Å². The SMILES string of the molecule is Cc1ncc(-c2ccc(NN=C(C#N)C#N)cc2)s1. The number of hydrogen-bond donors (Lipinski definition) is 1. The van der Waals surface area contributed by atoms with Gasteiger partial charge < -0.3 is 0 Å². The van der Waals surface area contributed by atoms with Gasteiger partial charge in [0.25, 0.3) is 0 Å². The summed E-state index contributed by atoms with van der Waals surface area (Å²) in [6.45, 7) is 1.96. The fraction of sp³-hybridized carbons (Fsp3) is 0.0769. The summed E-state index contributed by atoms with van der Waals surface area (Å²) in [7, 11) is 0. The minimum atomic E-state index is -0.206. The Balaban J connectivity index is 2.14. The van der Waals surface area contributed by atoms with Crippen molar-refractivity contribution < 1.29 is 0 Å². The van der Waals surface area contributed by atoms with Crippen LogP contribution in [0.2, 0.25) is 0 Å². The Morgan fingerprint density at radius 2 is 1.95 bits per heavy atom. The van der Waals surface area contributed by atoms with E-state index in [1.807, 2.05) is 37.4 Å². The molecule has 0 aliphatic carbocycles. The third-order valence-electron chi connectivity index (χ3n) is 2.30. The van der Waals surface area contributed by atoms with Crippen LogP contribution in [0, 0.1) is 29.6 Å². The van der Waals surface area contributed by atoms with E-state index in [2.05, 4.69) is 15.5 Å². The minimum Gasteiger partial charge on any atom is -0.277 e. The van der Waals surface area contributed by atoms with E-state index in [0.717, 1.165) is 15.4 Å². The summed E-state index contributed by atoms with van der Waals surface area (Å²) in [5.41, 5.74) is 4.24. The van der Waals surface area contributed by atoms with Crippen LogP contribution in [0.25, 0.3) is 10.4 Å². The lowest BCUT2D eigenvalue weighted by atomic mass is 10.2.